The van der Waals surface area contributed by atoms with Gasteiger partial charge in [0.25, 0.3) is 0 Å². The van der Waals surface area contributed by atoms with Crippen LogP contribution in [-0.2, 0) is 14.3 Å². The molecule has 0 amide bonds. The van der Waals surface area contributed by atoms with Crippen LogP contribution in [-0.4, -0.2) is 55.9 Å². The summed E-state index contributed by atoms with van der Waals surface area (Å²) in [5.74, 6) is 0.370. The monoisotopic (exact) mass is 286 g/mol. The second kappa shape index (κ2) is 7.96. The van der Waals surface area contributed by atoms with Crippen LogP contribution >= 0.6 is 0 Å². The zero-order chi connectivity index (χ0) is 15.2. The van der Waals surface area contributed by atoms with Crippen LogP contribution in [0.2, 0.25) is 0 Å². The normalized spacial score (nSPS) is 21.5. The molecular weight excluding hydrogens is 256 g/mol. The van der Waals surface area contributed by atoms with Crippen molar-refractivity contribution >= 4 is 5.97 Å². The number of nitrogens with zero attached hydrogens (tertiary/aromatic N) is 1. The quantitative estimate of drug-likeness (QED) is 0.717. The standard InChI is InChI=1S/C15H30N2O3/c1-5-20-14(18)15(3,16)10-12(2)17(4)11-13-6-8-19-9-7-13/h12-13H,5-11,16H2,1-4H3. The molecule has 5 heteroatoms. The molecule has 0 bridgehead atoms. The van der Waals surface area contributed by atoms with Crippen molar-refractivity contribution in [3.63, 3.8) is 0 Å². The lowest BCUT2D eigenvalue weighted by Gasteiger charge is -2.34. The Morgan fingerprint density at radius 1 is 1.50 bits per heavy atom. The molecule has 2 unspecified atom stereocenters. The first-order valence-electron chi connectivity index (χ1n) is 7.61. The third kappa shape index (κ3) is 5.38. The molecule has 1 heterocycles. The largest absolute Gasteiger partial charge is 0.465 e. The summed E-state index contributed by atoms with van der Waals surface area (Å²) in [7, 11) is 2.10. The van der Waals surface area contributed by atoms with Crippen molar-refractivity contribution in [3.8, 4) is 0 Å². The summed E-state index contributed by atoms with van der Waals surface area (Å²) in [6, 6.07) is 0.247. The van der Waals surface area contributed by atoms with Crippen LogP contribution in [0, 0.1) is 5.92 Å². The van der Waals surface area contributed by atoms with Gasteiger partial charge < -0.3 is 20.1 Å². The maximum Gasteiger partial charge on any atom is 0.325 e. The Kier molecular flexibility index (Phi) is 6.92. The fourth-order valence-electron chi connectivity index (χ4n) is 2.66. The summed E-state index contributed by atoms with van der Waals surface area (Å²) in [5.41, 5.74) is 5.18. The number of esters is 1. The van der Waals surface area contributed by atoms with Crippen molar-refractivity contribution in [2.24, 2.45) is 11.7 Å². The van der Waals surface area contributed by atoms with Crippen molar-refractivity contribution in [1.82, 2.24) is 4.90 Å². The third-order valence-corrected chi connectivity index (χ3v) is 4.10. The molecule has 0 aliphatic carbocycles. The van der Waals surface area contributed by atoms with Gasteiger partial charge in [-0.1, -0.05) is 0 Å². The van der Waals surface area contributed by atoms with E-state index in [2.05, 4.69) is 18.9 Å². The van der Waals surface area contributed by atoms with E-state index in [4.69, 9.17) is 15.2 Å². The van der Waals surface area contributed by atoms with Crippen LogP contribution < -0.4 is 5.73 Å². The third-order valence-electron chi connectivity index (χ3n) is 4.10. The van der Waals surface area contributed by atoms with Gasteiger partial charge in [-0.15, -0.1) is 0 Å². The number of ether oxygens (including phenoxy) is 2. The molecule has 0 spiro atoms. The molecule has 20 heavy (non-hydrogen) atoms. The smallest absolute Gasteiger partial charge is 0.325 e. The van der Waals surface area contributed by atoms with Crippen molar-refractivity contribution in [1.29, 1.82) is 0 Å². The predicted octanol–water partition coefficient (Wildman–Crippen LogP) is 1.40. The van der Waals surface area contributed by atoms with Crippen molar-refractivity contribution < 1.29 is 14.3 Å². The van der Waals surface area contributed by atoms with E-state index in [0.717, 1.165) is 32.6 Å². The van der Waals surface area contributed by atoms with E-state index in [1.165, 1.54) is 0 Å². The van der Waals surface area contributed by atoms with Crippen molar-refractivity contribution in [2.45, 2.75) is 51.6 Å². The minimum atomic E-state index is -0.917. The first-order chi connectivity index (χ1) is 9.36. The lowest BCUT2D eigenvalue weighted by atomic mass is 9.93. The lowest BCUT2D eigenvalue weighted by Crippen LogP contribution is -2.51. The Morgan fingerprint density at radius 2 is 2.10 bits per heavy atom. The molecular formula is C15H30N2O3. The van der Waals surface area contributed by atoms with E-state index >= 15 is 0 Å². The van der Waals surface area contributed by atoms with Crippen molar-refractivity contribution in [2.75, 3.05) is 33.4 Å². The molecule has 0 saturated carbocycles. The number of carbonyl (C=O) groups is 1. The zero-order valence-corrected chi connectivity index (χ0v) is 13.4. The minimum Gasteiger partial charge on any atom is -0.465 e. The molecule has 5 nitrogen and oxygen atoms in total. The van der Waals surface area contributed by atoms with Gasteiger partial charge in [0.05, 0.1) is 6.61 Å². The number of hydrogen-bond donors (Lipinski definition) is 1. The van der Waals surface area contributed by atoms with E-state index < -0.39 is 5.54 Å². The van der Waals surface area contributed by atoms with Crippen LogP contribution in [0.4, 0.5) is 0 Å². The van der Waals surface area contributed by atoms with Crippen LogP contribution in [0.1, 0.15) is 40.0 Å². The van der Waals surface area contributed by atoms with E-state index in [1.807, 2.05) is 0 Å². The molecule has 2 N–H and O–H groups in total. The number of carbonyl (C=O) groups excluding carboxylic acids is 1. The maximum atomic E-state index is 11.8. The van der Waals surface area contributed by atoms with Gasteiger partial charge in [-0.2, -0.15) is 0 Å². The molecule has 0 radical (unpaired) electrons. The number of rotatable bonds is 7. The highest BCUT2D eigenvalue weighted by atomic mass is 16.5. The van der Waals surface area contributed by atoms with Crippen LogP contribution in [0.15, 0.2) is 0 Å². The average Bonchev–Trinajstić information content (AvgIpc) is 2.39. The van der Waals surface area contributed by atoms with Gasteiger partial charge in [0.1, 0.15) is 5.54 Å². The van der Waals surface area contributed by atoms with E-state index in [9.17, 15) is 4.79 Å². The SMILES string of the molecule is CCOC(=O)C(C)(N)CC(C)N(C)CC1CCOCC1. The number of nitrogens with two attached hydrogens (primary N) is 1. The predicted molar refractivity (Wildman–Crippen MR) is 79.5 cm³/mol. The summed E-state index contributed by atoms with van der Waals surface area (Å²) < 4.78 is 10.4. The summed E-state index contributed by atoms with van der Waals surface area (Å²) in [5, 5.41) is 0. The van der Waals surface area contributed by atoms with Crippen molar-refractivity contribution in [3.05, 3.63) is 0 Å². The summed E-state index contributed by atoms with van der Waals surface area (Å²) >= 11 is 0. The minimum absolute atomic E-state index is 0.247. The molecule has 0 aromatic carbocycles. The zero-order valence-electron chi connectivity index (χ0n) is 13.4. The molecule has 1 fully saturated rings. The van der Waals surface area contributed by atoms with Gasteiger partial charge in [0.15, 0.2) is 0 Å². The molecule has 0 aromatic heterocycles. The summed E-state index contributed by atoms with van der Waals surface area (Å²) in [4.78, 5) is 14.1. The molecule has 0 aromatic rings. The van der Waals surface area contributed by atoms with Gasteiger partial charge in [-0.05, 0) is 53.0 Å². The Bertz CT molecular complexity index is 301. The Morgan fingerprint density at radius 3 is 2.65 bits per heavy atom. The second-order valence-electron chi connectivity index (χ2n) is 6.19. The molecule has 1 saturated heterocycles. The van der Waals surface area contributed by atoms with Crippen LogP contribution in [0.25, 0.3) is 0 Å². The lowest BCUT2D eigenvalue weighted by molar-refractivity contribution is -0.149. The van der Waals surface area contributed by atoms with Gasteiger partial charge >= 0.3 is 5.97 Å². The van der Waals surface area contributed by atoms with Gasteiger partial charge in [0.2, 0.25) is 0 Å². The van der Waals surface area contributed by atoms with E-state index in [1.54, 1.807) is 13.8 Å². The topological polar surface area (TPSA) is 64.8 Å². The average molecular weight is 286 g/mol. The Hall–Kier alpha value is -0.650. The first-order valence-corrected chi connectivity index (χ1v) is 7.61. The fraction of sp³-hybridized carbons (Fsp3) is 0.933. The Labute approximate surface area is 122 Å². The highest BCUT2D eigenvalue weighted by molar-refractivity contribution is 5.80. The van der Waals surface area contributed by atoms with E-state index in [-0.39, 0.29) is 12.0 Å². The molecule has 118 valence electrons. The molecule has 1 aliphatic heterocycles. The molecule has 1 aliphatic rings. The highest BCUT2D eigenvalue weighted by Crippen LogP contribution is 2.20. The van der Waals surface area contributed by atoms with Gasteiger partial charge in [0, 0.05) is 25.8 Å². The van der Waals surface area contributed by atoms with Gasteiger partial charge in [-0.25, -0.2) is 0 Å². The first kappa shape index (κ1) is 17.4. The molecule has 1 rings (SSSR count). The summed E-state index contributed by atoms with van der Waals surface area (Å²) in [6.45, 7) is 8.80. The van der Waals surface area contributed by atoms with E-state index in [0.29, 0.717) is 18.9 Å². The van der Waals surface area contributed by atoms with Gasteiger partial charge in [-0.3, -0.25) is 4.79 Å². The maximum absolute atomic E-state index is 11.8. The molecule has 2 atom stereocenters. The fourth-order valence-corrected chi connectivity index (χ4v) is 2.66. The van der Waals surface area contributed by atoms with Crippen LogP contribution in [0.5, 0.6) is 0 Å². The highest BCUT2D eigenvalue weighted by Gasteiger charge is 2.33. The van der Waals surface area contributed by atoms with Crippen LogP contribution in [0.3, 0.4) is 0 Å². The Balaban J connectivity index is 2.43. The number of hydrogen-bond acceptors (Lipinski definition) is 5. The summed E-state index contributed by atoms with van der Waals surface area (Å²) in [6.07, 6.45) is 2.84. The second-order valence-corrected chi connectivity index (χ2v) is 6.19.